The average Bonchev–Trinajstić information content (AvgIpc) is 2.16. The summed E-state index contributed by atoms with van der Waals surface area (Å²) >= 11 is 0. The fraction of sp³-hybridized carbons (Fsp3) is 0.222. The highest BCUT2D eigenvalue weighted by Gasteiger charge is 2.18. The quantitative estimate of drug-likeness (QED) is 0.696. The van der Waals surface area contributed by atoms with Crippen LogP contribution in [-0.2, 0) is 9.53 Å². The normalized spacial score (nSPS) is 12.2. The van der Waals surface area contributed by atoms with E-state index in [-0.39, 0.29) is 5.56 Å². The van der Waals surface area contributed by atoms with Crippen molar-refractivity contribution >= 4 is 5.97 Å². The Morgan fingerprint density at radius 3 is 2.69 bits per heavy atom. The molecule has 3 nitrogen and oxygen atoms in total. The summed E-state index contributed by atoms with van der Waals surface area (Å²) in [7, 11) is 1.21. The maximum Gasteiger partial charge on any atom is 0.327 e. The molecule has 0 heterocycles. The lowest BCUT2D eigenvalue weighted by Crippen LogP contribution is -2.23. The van der Waals surface area contributed by atoms with Gasteiger partial charge in [-0.05, 0) is 6.07 Å². The molecule has 70 valence electrons. The van der Waals surface area contributed by atoms with E-state index < -0.39 is 17.8 Å². The summed E-state index contributed by atoms with van der Waals surface area (Å²) < 4.78 is 17.4. The highest BCUT2D eigenvalue weighted by Crippen LogP contribution is 2.15. The second kappa shape index (κ2) is 4.00. The number of hydrogen-bond acceptors (Lipinski definition) is 3. The summed E-state index contributed by atoms with van der Waals surface area (Å²) in [5, 5.41) is 0. The van der Waals surface area contributed by atoms with Crippen molar-refractivity contribution in [1.29, 1.82) is 0 Å². The lowest BCUT2D eigenvalue weighted by molar-refractivity contribution is -0.142. The van der Waals surface area contributed by atoms with Gasteiger partial charge in [-0.1, -0.05) is 18.2 Å². The Morgan fingerprint density at radius 1 is 1.54 bits per heavy atom. The van der Waals surface area contributed by atoms with Crippen LogP contribution in [0.5, 0.6) is 0 Å². The van der Waals surface area contributed by atoms with Gasteiger partial charge in [-0.15, -0.1) is 0 Å². The Kier molecular flexibility index (Phi) is 2.97. The lowest BCUT2D eigenvalue weighted by Gasteiger charge is -2.09. The SMILES string of the molecule is COC(=O)[C@@H](N)c1ccccc1F. The van der Waals surface area contributed by atoms with Crippen molar-refractivity contribution in [2.24, 2.45) is 5.73 Å². The van der Waals surface area contributed by atoms with Crippen molar-refractivity contribution in [3.63, 3.8) is 0 Å². The molecule has 1 aromatic carbocycles. The average molecular weight is 183 g/mol. The third-order valence-electron chi connectivity index (χ3n) is 1.70. The van der Waals surface area contributed by atoms with Crippen LogP contribution in [0, 0.1) is 5.82 Å². The van der Waals surface area contributed by atoms with Crippen molar-refractivity contribution in [2.45, 2.75) is 6.04 Å². The first kappa shape index (κ1) is 9.67. The van der Waals surface area contributed by atoms with E-state index in [4.69, 9.17) is 5.73 Å². The van der Waals surface area contributed by atoms with E-state index in [9.17, 15) is 9.18 Å². The van der Waals surface area contributed by atoms with Crippen LogP contribution in [0.15, 0.2) is 24.3 Å². The van der Waals surface area contributed by atoms with Crippen LogP contribution < -0.4 is 5.73 Å². The number of ether oxygens (including phenoxy) is 1. The van der Waals surface area contributed by atoms with E-state index in [1.807, 2.05) is 0 Å². The van der Waals surface area contributed by atoms with Crippen LogP contribution >= 0.6 is 0 Å². The largest absolute Gasteiger partial charge is 0.468 e. The molecular weight excluding hydrogens is 173 g/mol. The molecule has 0 fully saturated rings. The topological polar surface area (TPSA) is 52.3 Å². The van der Waals surface area contributed by atoms with Crippen LogP contribution in [0.3, 0.4) is 0 Å². The Labute approximate surface area is 75.3 Å². The van der Waals surface area contributed by atoms with Crippen LogP contribution in [0.2, 0.25) is 0 Å². The maximum absolute atomic E-state index is 13.0. The van der Waals surface area contributed by atoms with E-state index in [0.717, 1.165) is 0 Å². The molecule has 1 atom stereocenters. The molecule has 0 aromatic heterocycles. The summed E-state index contributed by atoms with van der Waals surface area (Å²) in [6.07, 6.45) is 0. The van der Waals surface area contributed by atoms with Crippen LogP contribution in [0.4, 0.5) is 4.39 Å². The molecule has 2 N–H and O–H groups in total. The van der Waals surface area contributed by atoms with Gasteiger partial charge in [-0.3, -0.25) is 4.79 Å². The zero-order chi connectivity index (χ0) is 9.84. The number of carbonyl (C=O) groups is 1. The summed E-state index contributed by atoms with van der Waals surface area (Å²) in [4.78, 5) is 11.0. The number of halogens is 1. The van der Waals surface area contributed by atoms with Gasteiger partial charge < -0.3 is 10.5 Å². The minimum Gasteiger partial charge on any atom is -0.468 e. The van der Waals surface area contributed by atoms with E-state index in [1.165, 1.54) is 25.3 Å². The lowest BCUT2D eigenvalue weighted by atomic mass is 10.1. The first-order valence-corrected chi connectivity index (χ1v) is 3.74. The van der Waals surface area contributed by atoms with Gasteiger partial charge in [0.15, 0.2) is 0 Å². The third kappa shape index (κ3) is 2.03. The molecule has 0 unspecified atom stereocenters. The molecule has 0 amide bonds. The number of rotatable bonds is 2. The first-order chi connectivity index (χ1) is 6.16. The molecule has 0 aliphatic heterocycles. The van der Waals surface area contributed by atoms with Gasteiger partial charge in [0.05, 0.1) is 7.11 Å². The Hall–Kier alpha value is -1.42. The smallest absolute Gasteiger partial charge is 0.327 e. The zero-order valence-corrected chi connectivity index (χ0v) is 7.16. The van der Waals surface area contributed by atoms with Crippen molar-refractivity contribution in [1.82, 2.24) is 0 Å². The highest BCUT2D eigenvalue weighted by molar-refractivity contribution is 5.77. The predicted molar refractivity (Wildman–Crippen MR) is 45.3 cm³/mol. The molecular formula is C9H10FNO2. The van der Waals surface area contributed by atoms with Crippen molar-refractivity contribution in [3.05, 3.63) is 35.6 Å². The standard InChI is InChI=1S/C9H10FNO2/c1-13-9(12)8(11)6-4-2-3-5-7(6)10/h2-5,8H,11H2,1H3/t8-/m0/s1. The molecule has 0 saturated carbocycles. The minimum atomic E-state index is -1.05. The summed E-state index contributed by atoms with van der Waals surface area (Å²) in [6, 6.07) is 4.80. The molecule has 0 bridgehead atoms. The van der Waals surface area contributed by atoms with E-state index in [2.05, 4.69) is 4.74 Å². The fourth-order valence-electron chi connectivity index (χ4n) is 0.981. The monoisotopic (exact) mass is 183 g/mol. The number of carbonyl (C=O) groups excluding carboxylic acids is 1. The second-order valence-corrected chi connectivity index (χ2v) is 2.52. The molecule has 0 spiro atoms. The fourth-order valence-corrected chi connectivity index (χ4v) is 0.981. The van der Waals surface area contributed by atoms with Gasteiger partial charge in [0.25, 0.3) is 0 Å². The summed E-state index contributed by atoms with van der Waals surface area (Å²) in [5.41, 5.74) is 5.58. The molecule has 1 aromatic rings. The molecule has 0 aliphatic carbocycles. The van der Waals surface area contributed by atoms with Gasteiger partial charge in [0.2, 0.25) is 0 Å². The van der Waals surface area contributed by atoms with Crippen LogP contribution in [0.1, 0.15) is 11.6 Å². The first-order valence-electron chi connectivity index (χ1n) is 3.74. The van der Waals surface area contributed by atoms with E-state index in [1.54, 1.807) is 6.07 Å². The number of benzene rings is 1. The van der Waals surface area contributed by atoms with E-state index >= 15 is 0 Å². The summed E-state index contributed by atoms with van der Waals surface area (Å²) in [6.45, 7) is 0. The molecule has 13 heavy (non-hydrogen) atoms. The Balaban J connectivity index is 2.95. The summed E-state index contributed by atoms with van der Waals surface area (Å²) in [5.74, 6) is -1.15. The number of nitrogens with two attached hydrogens (primary N) is 1. The van der Waals surface area contributed by atoms with Crippen LogP contribution in [0.25, 0.3) is 0 Å². The second-order valence-electron chi connectivity index (χ2n) is 2.52. The van der Waals surface area contributed by atoms with Crippen LogP contribution in [-0.4, -0.2) is 13.1 Å². The van der Waals surface area contributed by atoms with Gasteiger partial charge in [-0.2, -0.15) is 0 Å². The zero-order valence-electron chi connectivity index (χ0n) is 7.16. The minimum absolute atomic E-state index is 0.148. The molecule has 4 heteroatoms. The van der Waals surface area contributed by atoms with Crippen molar-refractivity contribution < 1.29 is 13.9 Å². The van der Waals surface area contributed by atoms with E-state index in [0.29, 0.717) is 0 Å². The van der Waals surface area contributed by atoms with Gasteiger partial charge in [0.1, 0.15) is 11.9 Å². The van der Waals surface area contributed by atoms with Gasteiger partial charge >= 0.3 is 5.97 Å². The van der Waals surface area contributed by atoms with Gasteiger partial charge in [-0.25, -0.2) is 4.39 Å². The maximum atomic E-state index is 13.0. The predicted octanol–water partition coefficient (Wildman–Crippen LogP) is 0.998. The molecule has 1 rings (SSSR count). The third-order valence-corrected chi connectivity index (χ3v) is 1.70. The molecule has 0 saturated heterocycles. The number of esters is 1. The molecule has 0 aliphatic rings. The van der Waals surface area contributed by atoms with Crippen molar-refractivity contribution in [3.8, 4) is 0 Å². The van der Waals surface area contributed by atoms with Crippen molar-refractivity contribution in [2.75, 3.05) is 7.11 Å². The van der Waals surface area contributed by atoms with Gasteiger partial charge in [0, 0.05) is 5.56 Å². The highest BCUT2D eigenvalue weighted by atomic mass is 19.1. The Morgan fingerprint density at radius 2 is 2.15 bits per heavy atom. The number of hydrogen-bond donors (Lipinski definition) is 1. The Bertz CT molecular complexity index is 314. The number of methoxy groups -OCH3 is 1. The molecule has 0 radical (unpaired) electrons.